The quantitative estimate of drug-likeness (QED) is 0.245. The van der Waals surface area contributed by atoms with E-state index in [0.717, 1.165) is 43.3 Å². The van der Waals surface area contributed by atoms with E-state index in [4.69, 9.17) is 4.55 Å². The summed E-state index contributed by atoms with van der Waals surface area (Å²) in [6, 6.07) is 0. The van der Waals surface area contributed by atoms with Crippen molar-refractivity contribution in [1.29, 1.82) is 0 Å². The van der Waals surface area contributed by atoms with Crippen LogP contribution in [0.4, 0.5) is 0 Å². The van der Waals surface area contributed by atoms with Crippen molar-refractivity contribution in [2.24, 2.45) is 0 Å². The molecule has 0 aromatic heterocycles. The van der Waals surface area contributed by atoms with Gasteiger partial charge in [-0.1, -0.05) is 13.0 Å². The van der Waals surface area contributed by atoms with Gasteiger partial charge in [0.05, 0.1) is 32.9 Å². The van der Waals surface area contributed by atoms with Crippen molar-refractivity contribution >= 4 is 16.0 Å². The zero-order chi connectivity index (χ0) is 17.2. The van der Waals surface area contributed by atoms with Gasteiger partial charge in [0.2, 0.25) is 5.91 Å². The van der Waals surface area contributed by atoms with E-state index >= 15 is 0 Å². The maximum atomic E-state index is 11.3. The number of nitrogens with zero attached hydrogens (tertiary/aromatic N) is 1. The summed E-state index contributed by atoms with van der Waals surface area (Å²) in [6.07, 6.45) is 4.22. The van der Waals surface area contributed by atoms with Gasteiger partial charge in [0, 0.05) is 18.5 Å². The molecule has 0 saturated heterocycles. The first-order valence-corrected chi connectivity index (χ1v) is 9.35. The molecule has 0 aliphatic carbocycles. The number of amides is 1. The number of rotatable bonds is 12. The van der Waals surface area contributed by atoms with Gasteiger partial charge >= 0.3 is 0 Å². The number of carbonyl (C=O) groups is 1. The van der Waals surface area contributed by atoms with E-state index in [2.05, 4.69) is 26.0 Å². The van der Waals surface area contributed by atoms with Gasteiger partial charge in [-0.15, -0.1) is 0 Å². The van der Waals surface area contributed by atoms with Gasteiger partial charge in [-0.2, -0.15) is 8.42 Å². The number of carbonyl (C=O) groups excluding carboxylic acids is 1. The first-order chi connectivity index (χ1) is 10.0. The Morgan fingerprint density at radius 1 is 1.09 bits per heavy atom. The molecule has 0 spiro atoms. The Bertz CT molecular complexity index is 458. The van der Waals surface area contributed by atoms with Crippen LogP contribution in [-0.4, -0.2) is 62.8 Å². The lowest BCUT2D eigenvalue weighted by atomic mass is 10.2. The monoisotopic (exact) mass is 335 g/mol. The van der Waals surface area contributed by atoms with Crippen LogP contribution in [0.2, 0.25) is 0 Å². The molecule has 0 aliphatic rings. The van der Waals surface area contributed by atoms with Crippen LogP contribution in [0.25, 0.3) is 0 Å². The number of unbranched alkanes of at least 4 members (excludes halogenated alkanes) is 3. The lowest BCUT2D eigenvalue weighted by Crippen LogP contribution is -2.42. The number of nitrogens with one attached hydrogen (secondary N) is 1. The lowest BCUT2D eigenvalue weighted by molar-refractivity contribution is -0.890. The van der Waals surface area contributed by atoms with Crippen LogP contribution in [0.15, 0.2) is 12.2 Å². The molecule has 0 saturated carbocycles. The SMILES string of the molecule is C=C(C)C(=O)NCCC[N+](C)(C)CCCCCCS(=O)(=O)O. The van der Waals surface area contributed by atoms with Crippen LogP contribution < -0.4 is 5.32 Å². The third-order valence-electron chi connectivity index (χ3n) is 3.53. The second-order valence-corrected chi connectivity index (χ2v) is 8.05. The third kappa shape index (κ3) is 12.8. The van der Waals surface area contributed by atoms with Crippen molar-refractivity contribution in [2.45, 2.75) is 39.0 Å². The van der Waals surface area contributed by atoms with Crippen molar-refractivity contribution < 1.29 is 22.2 Å². The zero-order valence-electron chi connectivity index (χ0n) is 14.1. The highest BCUT2D eigenvalue weighted by atomic mass is 32.2. The Morgan fingerprint density at radius 2 is 1.64 bits per heavy atom. The molecule has 6 nitrogen and oxygen atoms in total. The molecule has 0 radical (unpaired) electrons. The van der Waals surface area contributed by atoms with Gasteiger partial charge in [-0.25, -0.2) is 0 Å². The molecule has 0 aliphatic heterocycles. The normalized spacial score (nSPS) is 12.2. The molecule has 0 aromatic carbocycles. The fourth-order valence-electron chi connectivity index (χ4n) is 2.15. The van der Waals surface area contributed by atoms with Gasteiger partial charge in [-0.05, 0) is 26.2 Å². The summed E-state index contributed by atoms with van der Waals surface area (Å²) in [7, 11) is 0.491. The van der Waals surface area contributed by atoms with E-state index in [1.54, 1.807) is 6.92 Å². The fourth-order valence-corrected chi connectivity index (χ4v) is 2.72. The fraction of sp³-hybridized carbons (Fsp3) is 0.800. The van der Waals surface area contributed by atoms with Crippen molar-refractivity contribution in [3.8, 4) is 0 Å². The lowest BCUT2D eigenvalue weighted by Gasteiger charge is -2.30. The summed E-state index contributed by atoms with van der Waals surface area (Å²) in [6.45, 7) is 7.93. The number of hydrogen-bond donors (Lipinski definition) is 2. The Balaban J connectivity index is 3.69. The Morgan fingerprint density at radius 3 is 2.18 bits per heavy atom. The molecule has 0 heterocycles. The first-order valence-electron chi connectivity index (χ1n) is 7.74. The van der Waals surface area contributed by atoms with Crippen LogP contribution >= 0.6 is 0 Å². The summed E-state index contributed by atoms with van der Waals surface area (Å²) in [5.41, 5.74) is 0.527. The number of hydrogen-bond acceptors (Lipinski definition) is 3. The van der Waals surface area contributed by atoms with Crippen molar-refractivity contribution in [1.82, 2.24) is 5.32 Å². The first kappa shape index (κ1) is 21.1. The Kier molecular flexibility index (Phi) is 9.55. The molecule has 0 fully saturated rings. The Labute approximate surface area is 134 Å². The van der Waals surface area contributed by atoms with E-state index < -0.39 is 10.1 Å². The largest absolute Gasteiger partial charge is 0.352 e. The molecular weight excluding hydrogens is 304 g/mol. The van der Waals surface area contributed by atoms with Crippen LogP contribution in [0, 0.1) is 0 Å². The maximum absolute atomic E-state index is 11.3. The molecular formula is C15H31N2O4S+. The standard InChI is InChI=1S/C15H30N2O4S/c1-14(2)15(18)16-10-9-12-17(3,4)11-7-5-6-8-13-22(19,20)21/h1,5-13H2,2-4H3,(H-,16,18,19,20,21)/p+1. The van der Waals surface area contributed by atoms with Gasteiger partial charge in [-0.3, -0.25) is 9.35 Å². The molecule has 130 valence electrons. The van der Waals surface area contributed by atoms with Crippen molar-refractivity contribution in [3.05, 3.63) is 12.2 Å². The summed E-state index contributed by atoms with van der Waals surface area (Å²) in [5, 5.41) is 2.82. The van der Waals surface area contributed by atoms with Crippen LogP contribution in [0.1, 0.15) is 39.0 Å². The molecule has 0 aromatic rings. The smallest absolute Gasteiger partial charge is 0.264 e. The number of quaternary nitrogens is 1. The van der Waals surface area contributed by atoms with E-state index in [1.807, 2.05) is 0 Å². The van der Waals surface area contributed by atoms with E-state index in [-0.39, 0.29) is 11.7 Å². The molecule has 0 unspecified atom stereocenters. The summed E-state index contributed by atoms with van der Waals surface area (Å²) in [4.78, 5) is 11.3. The predicted molar refractivity (Wildman–Crippen MR) is 89.2 cm³/mol. The van der Waals surface area contributed by atoms with Crippen LogP contribution in [-0.2, 0) is 14.9 Å². The van der Waals surface area contributed by atoms with Gasteiger partial charge in [0.25, 0.3) is 10.1 Å². The van der Waals surface area contributed by atoms with Crippen molar-refractivity contribution in [3.63, 3.8) is 0 Å². The second-order valence-electron chi connectivity index (χ2n) is 6.47. The molecule has 2 N–H and O–H groups in total. The highest BCUT2D eigenvalue weighted by molar-refractivity contribution is 7.85. The molecule has 22 heavy (non-hydrogen) atoms. The summed E-state index contributed by atoms with van der Waals surface area (Å²) >= 11 is 0. The van der Waals surface area contributed by atoms with E-state index in [9.17, 15) is 13.2 Å². The maximum Gasteiger partial charge on any atom is 0.264 e. The summed E-state index contributed by atoms with van der Waals surface area (Å²) in [5.74, 6) is -0.239. The molecule has 0 atom stereocenters. The molecule has 0 rings (SSSR count). The highest BCUT2D eigenvalue weighted by Crippen LogP contribution is 2.07. The van der Waals surface area contributed by atoms with Gasteiger partial charge in [0.1, 0.15) is 0 Å². The minimum atomic E-state index is -3.81. The third-order valence-corrected chi connectivity index (χ3v) is 4.33. The minimum Gasteiger partial charge on any atom is -0.352 e. The minimum absolute atomic E-state index is 0.0934. The zero-order valence-corrected chi connectivity index (χ0v) is 14.9. The van der Waals surface area contributed by atoms with Gasteiger partial charge < -0.3 is 9.80 Å². The molecule has 0 bridgehead atoms. The molecule has 7 heteroatoms. The van der Waals surface area contributed by atoms with Crippen LogP contribution in [0.5, 0.6) is 0 Å². The predicted octanol–water partition coefficient (Wildman–Crippen LogP) is 1.59. The molecule has 1 amide bonds. The van der Waals surface area contributed by atoms with E-state index in [0.29, 0.717) is 18.5 Å². The van der Waals surface area contributed by atoms with Gasteiger partial charge in [0.15, 0.2) is 0 Å². The summed E-state index contributed by atoms with van der Waals surface area (Å²) < 4.78 is 30.7. The van der Waals surface area contributed by atoms with Crippen LogP contribution in [0.3, 0.4) is 0 Å². The topological polar surface area (TPSA) is 83.5 Å². The Hall–Kier alpha value is -0.920. The average Bonchev–Trinajstić information content (AvgIpc) is 2.37. The van der Waals surface area contributed by atoms with Crippen molar-refractivity contribution in [2.75, 3.05) is 39.5 Å². The second kappa shape index (κ2) is 9.97. The van der Waals surface area contributed by atoms with E-state index in [1.165, 1.54) is 0 Å². The average molecular weight is 335 g/mol. The highest BCUT2D eigenvalue weighted by Gasteiger charge is 2.14.